The Balaban J connectivity index is 1.52. The summed E-state index contributed by atoms with van der Waals surface area (Å²) in [6.07, 6.45) is 4.81. The van der Waals surface area contributed by atoms with E-state index in [0.717, 1.165) is 49.1 Å². The maximum Gasteiger partial charge on any atom is 0.261 e. The number of nitrogens with zero attached hydrogens (tertiary/aromatic N) is 1. The number of halogens is 2. The second kappa shape index (κ2) is 7.10. The second-order valence-corrected chi connectivity index (χ2v) is 7.12. The van der Waals surface area contributed by atoms with Crippen LogP contribution in [-0.2, 0) is 11.2 Å². The number of carbonyl (C=O) groups is 2. The van der Waals surface area contributed by atoms with Crippen LogP contribution in [0, 0.1) is 17.6 Å². The van der Waals surface area contributed by atoms with Gasteiger partial charge in [0.05, 0.1) is 0 Å². The van der Waals surface area contributed by atoms with E-state index in [0.29, 0.717) is 18.7 Å². The Morgan fingerprint density at radius 1 is 1.04 bits per heavy atom. The van der Waals surface area contributed by atoms with Crippen molar-refractivity contribution in [2.75, 3.05) is 16.8 Å². The molecule has 1 heterocycles. The number of fused-ring (bicyclic) bond motifs is 1. The van der Waals surface area contributed by atoms with Crippen LogP contribution in [0.3, 0.4) is 0 Å². The number of amides is 2. The van der Waals surface area contributed by atoms with Crippen LogP contribution in [0.2, 0.25) is 0 Å². The molecule has 0 aromatic heterocycles. The summed E-state index contributed by atoms with van der Waals surface area (Å²) in [4.78, 5) is 26.8. The third kappa shape index (κ3) is 3.31. The minimum absolute atomic E-state index is 0.111. The fourth-order valence-electron chi connectivity index (χ4n) is 4.01. The van der Waals surface area contributed by atoms with E-state index in [4.69, 9.17) is 0 Å². The molecule has 0 bridgehead atoms. The molecule has 1 aliphatic heterocycles. The van der Waals surface area contributed by atoms with Crippen molar-refractivity contribution in [3.63, 3.8) is 0 Å². The van der Waals surface area contributed by atoms with Crippen LogP contribution < -0.4 is 10.2 Å². The molecule has 1 N–H and O–H groups in total. The van der Waals surface area contributed by atoms with Crippen molar-refractivity contribution in [2.24, 2.45) is 5.92 Å². The molecule has 0 unspecified atom stereocenters. The van der Waals surface area contributed by atoms with Gasteiger partial charge in [-0.2, -0.15) is 0 Å². The summed E-state index contributed by atoms with van der Waals surface area (Å²) in [6.45, 7) is 0.629. The van der Waals surface area contributed by atoms with E-state index in [-0.39, 0.29) is 11.8 Å². The third-order valence-electron chi connectivity index (χ3n) is 5.39. The highest BCUT2D eigenvalue weighted by molar-refractivity contribution is 6.05. The highest BCUT2D eigenvalue weighted by Gasteiger charge is 2.32. The van der Waals surface area contributed by atoms with Crippen molar-refractivity contribution in [1.29, 1.82) is 0 Å². The monoisotopic (exact) mass is 370 g/mol. The standard InChI is InChI=1S/C21H20F2N2O2/c22-16-6-3-7-17(23)19(16)20(26)24-15-8-9-18-14(12-15)10-11-25(18)21(27)13-4-1-2-5-13/h3,6-9,12-13H,1-2,4-5,10-11H2,(H,24,26). The van der Waals surface area contributed by atoms with Crippen molar-refractivity contribution < 1.29 is 18.4 Å². The second-order valence-electron chi connectivity index (χ2n) is 7.12. The predicted molar refractivity (Wildman–Crippen MR) is 98.8 cm³/mol. The van der Waals surface area contributed by atoms with Crippen molar-refractivity contribution >= 4 is 23.2 Å². The Morgan fingerprint density at radius 3 is 2.44 bits per heavy atom. The molecule has 1 aliphatic carbocycles. The number of nitrogens with one attached hydrogen (secondary N) is 1. The van der Waals surface area contributed by atoms with E-state index in [1.165, 1.54) is 6.07 Å². The molecule has 1 saturated carbocycles. The topological polar surface area (TPSA) is 49.4 Å². The summed E-state index contributed by atoms with van der Waals surface area (Å²) in [7, 11) is 0. The smallest absolute Gasteiger partial charge is 0.261 e. The lowest BCUT2D eigenvalue weighted by atomic mass is 10.1. The number of carbonyl (C=O) groups excluding carboxylic acids is 2. The fourth-order valence-corrected chi connectivity index (χ4v) is 4.01. The molecule has 27 heavy (non-hydrogen) atoms. The maximum atomic E-state index is 13.8. The number of hydrogen-bond donors (Lipinski definition) is 1. The maximum absolute atomic E-state index is 13.8. The van der Waals surface area contributed by atoms with Gasteiger partial charge in [0.2, 0.25) is 5.91 Å². The minimum Gasteiger partial charge on any atom is -0.322 e. The van der Waals surface area contributed by atoms with Crippen LogP contribution in [-0.4, -0.2) is 18.4 Å². The molecule has 0 radical (unpaired) electrons. The van der Waals surface area contributed by atoms with E-state index in [2.05, 4.69) is 5.32 Å². The van der Waals surface area contributed by atoms with Crippen LogP contribution in [0.25, 0.3) is 0 Å². The van der Waals surface area contributed by atoms with Crippen molar-refractivity contribution in [3.05, 3.63) is 59.2 Å². The largest absolute Gasteiger partial charge is 0.322 e. The van der Waals surface area contributed by atoms with E-state index in [1.807, 2.05) is 4.90 Å². The molecule has 2 amide bonds. The average molecular weight is 370 g/mol. The lowest BCUT2D eigenvalue weighted by Gasteiger charge is -2.21. The summed E-state index contributed by atoms with van der Waals surface area (Å²) in [6, 6.07) is 8.54. The van der Waals surface area contributed by atoms with Gasteiger partial charge >= 0.3 is 0 Å². The van der Waals surface area contributed by atoms with Gasteiger partial charge in [0.25, 0.3) is 5.91 Å². The van der Waals surface area contributed by atoms with Crippen LogP contribution in [0.1, 0.15) is 41.6 Å². The highest BCUT2D eigenvalue weighted by atomic mass is 19.1. The SMILES string of the molecule is O=C(Nc1ccc2c(c1)CCN2C(=O)C1CCCC1)c1c(F)cccc1F. The van der Waals surface area contributed by atoms with Crippen LogP contribution in [0.5, 0.6) is 0 Å². The first kappa shape index (κ1) is 17.6. The Kier molecular flexibility index (Phi) is 4.64. The predicted octanol–water partition coefficient (Wildman–Crippen LogP) is 4.30. The van der Waals surface area contributed by atoms with Gasteiger partial charge in [-0.15, -0.1) is 0 Å². The first-order valence-corrected chi connectivity index (χ1v) is 9.24. The molecular weight excluding hydrogens is 350 g/mol. The first-order chi connectivity index (χ1) is 13.0. The van der Waals surface area contributed by atoms with Gasteiger partial charge in [0, 0.05) is 23.8 Å². The molecule has 0 atom stereocenters. The summed E-state index contributed by atoms with van der Waals surface area (Å²) >= 11 is 0. The fraction of sp³-hybridized carbons (Fsp3) is 0.333. The Bertz CT molecular complexity index is 887. The van der Waals surface area contributed by atoms with E-state index in [1.54, 1.807) is 18.2 Å². The zero-order valence-corrected chi connectivity index (χ0v) is 14.8. The molecule has 140 valence electrons. The molecule has 2 aromatic rings. The van der Waals surface area contributed by atoms with Crippen LogP contribution in [0.15, 0.2) is 36.4 Å². The lowest BCUT2D eigenvalue weighted by Crippen LogP contribution is -2.33. The van der Waals surface area contributed by atoms with Crippen molar-refractivity contribution in [2.45, 2.75) is 32.1 Å². The van der Waals surface area contributed by atoms with Gasteiger partial charge in [-0.25, -0.2) is 8.78 Å². The van der Waals surface area contributed by atoms with E-state index >= 15 is 0 Å². The number of rotatable bonds is 3. The molecular formula is C21H20F2N2O2. The van der Waals surface area contributed by atoms with Gasteiger partial charge in [-0.3, -0.25) is 9.59 Å². The molecule has 0 spiro atoms. The molecule has 4 nitrogen and oxygen atoms in total. The van der Waals surface area contributed by atoms with E-state index < -0.39 is 23.1 Å². The van der Waals surface area contributed by atoms with Gasteiger partial charge in [0.15, 0.2) is 0 Å². The van der Waals surface area contributed by atoms with Gasteiger partial charge in [0.1, 0.15) is 17.2 Å². The molecule has 1 fully saturated rings. The Morgan fingerprint density at radius 2 is 1.74 bits per heavy atom. The molecule has 2 aliphatic rings. The van der Waals surface area contributed by atoms with E-state index in [9.17, 15) is 18.4 Å². The molecule has 6 heteroatoms. The average Bonchev–Trinajstić information content (AvgIpc) is 3.31. The zero-order chi connectivity index (χ0) is 19.0. The Hall–Kier alpha value is -2.76. The lowest BCUT2D eigenvalue weighted by molar-refractivity contribution is -0.122. The normalized spacial score (nSPS) is 16.4. The third-order valence-corrected chi connectivity index (χ3v) is 5.39. The van der Waals surface area contributed by atoms with Gasteiger partial charge < -0.3 is 10.2 Å². The quantitative estimate of drug-likeness (QED) is 0.876. The zero-order valence-electron chi connectivity index (χ0n) is 14.8. The molecule has 4 rings (SSSR count). The first-order valence-electron chi connectivity index (χ1n) is 9.24. The number of hydrogen-bond acceptors (Lipinski definition) is 2. The number of benzene rings is 2. The van der Waals surface area contributed by atoms with Crippen molar-refractivity contribution in [1.82, 2.24) is 0 Å². The van der Waals surface area contributed by atoms with Crippen LogP contribution in [0.4, 0.5) is 20.2 Å². The van der Waals surface area contributed by atoms with Crippen molar-refractivity contribution in [3.8, 4) is 0 Å². The minimum atomic E-state index is -0.901. The van der Waals surface area contributed by atoms with Crippen LogP contribution >= 0.6 is 0 Å². The van der Waals surface area contributed by atoms with Gasteiger partial charge in [-0.1, -0.05) is 18.9 Å². The highest BCUT2D eigenvalue weighted by Crippen LogP contribution is 2.35. The number of anilines is 2. The summed E-state index contributed by atoms with van der Waals surface area (Å²) in [5, 5.41) is 2.55. The van der Waals surface area contributed by atoms with Gasteiger partial charge in [-0.05, 0) is 55.2 Å². The summed E-state index contributed by atoms with van der Waals surface area (Å²) in [5.74, 6) is -2.35. The molecule has 2 aromatic carbocycles. The summed E-state index contributed by atoms with van der Waals surface area (Å²) < 4.78 is 27.5. The molecule has 0 saturated heterocycles. The Labute approximate surface area is 156 Å². The summed E-state index contributed by atoms with van der Waals surface area (Å²) in [5.41, 5.74) is 1.67.